The summed E-state index contributed by atoms with van der Waals surface area (Å²) >= 11 is 0. The number of carbonyl (C=O) groups is 2. The second-order valence-corrected chi connectivity index (χ2v) is 8.80. The summed E-state index contributed by atoms with van der Waals surface area (Å²) in [5.74, 6) is -0.181. The minimum absolute atomic E-state index is 0.0329. The van der Waals surface area contributed by atoms with Crippen molar-refractivity contribution >= 4 is 17.9 Å². The fourth-order valence-electron chi connectivity index (χ4n) is 4.37. The molecule has 3 N–H and O–H groups in total. The predicted octanol–water partition coefficient (Wildman–Crippen LogP) is 2.06. The Morgan fingerprint density at radius 3 is 2.76 bits per heavy atom. The van der Waals surface area contributed by atoms with Crippen LogP contribution >= 0.6 is 0 Å². The number of nitrogens with one attached hydrogen (secondary N) is 1. The van der Waals surface area contributed by atoms with Crippen LogP contribution in [0.4, 0.5) is 10.6 Å². The molecule has 1 aromatic rings. The summed E-state index contributed by atoms with van der Waals surface area (Å²) in [5.41, 5.74) is 2.22. The van der Waals surface area contributed by atoms with Crippen molar-refractivity contribution in [3.05, 3.63) is 23.4 Å². The number of aliphatic carboxylic acids is 1. The lowest BCUT2D eigenvalue weighted by Gasteiger charge is -2.39. The van der Waals surface area contributed by atoms with Crippen LogP contribution in [-0.4, -0.2) is 88.3 Å². The van der Waals surface area contributed by atoms with Gasteiger partial charge in [-0.25, -0.2) is 9.78 Å². The number of aryl methyl sites for hydroxylation is 2. The number of aromatic nitrogens is 1. The van der Waals surface area contributed by atoms with Gasteiger partial charge in [0, 0.05) is 25.4 Å². The van der Waals surface area contributed by atoms with Crippen LogP contribution in [0.3, 0.4) is 0 Å². The molecule has 184 valence electrons. The van der Waals surface area contributed by atoms with Gasteiger partial charge in [-0.15, -0.1) is 5.06 Å². The lowest BCUT2D eigenvalue weighted by molar-refractivity contribution is -0.180. The van der Waals surface area contributed by atoms with E-state index in [1.165, 1.54) is 10.6 Å². The quantitative estimate of drug-likeness (QED) is 0.352. The van der Waals surface area contributed by atoms with Gasteiger partial charge < -0.3 is 25.1 Å². The molecule has 1 amide bonds. The maximum Gasteiger partial charge on any atom is 0.429 e. The minimum Gasteiger partial charge on any atom is -0.480 e. The van der Waals surface area contributed by atoms with Gasteiger partial charge in [0.1, 0.15) is 11.9 Å². The molecule has 3 heterocycles. The molecule has 0 radical (unpaired) electrons. The Labute approximate surface area is 194 Å². The molecular formula is C23H36N4O6. The number of hydrogen-bond donors (Lipinski definition) is 3. The van der Waals surface area contributed by atoms with Crippen LogP contribution in [0.15, 0.2) is 12.1 Å². The molecule has 2 aliphatic rings. The molecule has 10 nitrogen and oxygen atoms in total. The van der Waals surface area contributed by atoms with Crippen molar-refractivity contribution in [1.82, 2.24) is 14.9 Å². The third kappa shape index (κ3) is 6.78. The molecule has 10 heteroatoms. The largest absolute Gasteiger partial charge is 0.480 e. The van der Waals surface area contributed by atoms with Gasteiger partial charge in [0.05, 0.1) is 25.3 Å². The van der Waals surface area contributed by atoms with E-state index < -0.39 is 18.1 Å². The summed E-state index contributed by atoms with van der Waals surface area (Å²) in [6, 6.07) is 2.69. The number of rotatable bonds is 10. The van der Waals surface area contributed by atoms with E-state index in [-0.39, 0.29) is 31.7 Å². The van der Waals surface area contributed by atoms with Crippen molar-refractivity contribution in [2.75, 3.05) is 38.2 Å². The summed E-state index contributed by atoms with van der Waals surface area (Å²) in [6.45, 7) is 5.41. The van der Waals surface area contributed by atoms with Gasteiger partial charge in [0.15, 0.2) is 0 Å². The Bertz CT molecular complexity index is 797. The Morgan fingerprint density at radius 2 is 2.06 bits per heavy atom. The number of ether oxygens (including phenoxy) is 1. The van der Waals surface area contributed by atoms with Gasteiger partial charge in [-0.1, -0.05) is 6.07 Å². The van der Waals surface area contributed by atoms with Gasteiger partial charge in [0.25, 0.3) is 0 Å². The van der Waals surface area contributed by atoms with Crippen LogP contribution in [0.1, 0.15) is 50.8 Å². The summed E-state index contributed by atoms with van der Waals surface area (Å²) in [6.07, 6.45) is 3.64. The zero-order valence-electron chi connectivity index (χ0n) is 19.5. The monoisotopic (exact) mass is 464 g/mol. The number of hydrogen-bond acceptors (Lipinski definition) is 8. The molecule has 3 atom stereocenters. The number of aliphatic hydroxyl groups excluding tert-OH is 1. The molecular weight excluding hydrogens is 428 g/mol. The molecule has 1 saturated heterocycles. The van der Waals surface area contributed by atoms with Gasteiger partial charge >= 0.3 is 12.1 Å². The molecule has 0 spiro atoms. The van der Waals surface area contributed by atoms with Crippen molar-refractivity contribution in [2.24, 2.45) is 0 Å². The summed E-state index contributed by atoms with van der Waals surface area (Å²) in [7, 11) is 0. The standard InChI is InChI=1S/C23H36N4O6/c1-16-14-32-15-17(2)27(16)23(31)33-26(20(10-13-28)22(29)30)12-4-3-7-19-9-8-18-6-5-11-24-21(18)25-19/h8-9,16-17,20,28H,3-7,10-15H2,1-2H3,(H,24,25)(H,29,30)/t16?,17?,20-/m0/s1. The van der Waals surface area contributed by atoms with Crippen LogP contribution in [0.5, 0.6) is 0 Å². The maximum absolute atomic E-state index is 12.9. The lowest BCUT2D eigenvalue weighted by atomic mass is 10.1. The van der Waals surface area contributed by atoms with Gasteiger partial charge in [-0.3, -0.25) is 9.69 Å². The van der Waals surface area contributed by atoms with Gasteiger partial charge in [0.2, 0.25) is 0 Å². The van der Waals surface area contributed by atoms with E-state index >= 15 is 0 Å². The normalized spacial score (nSPS) is 21.3. The molecule has 0 saturated carbocycles. The number of carboxylic acids is 1. The molecule has 0 aliphatic carbocycles. The predicted molar refractivity (Wildman–Crippen MR) is 122 cm³/mol. The number of amides is 1. The van der Waals surface area contributed by atoms with E-state index in [4.69, 9.17) is 14.6 Å². The molecule has 3 rings (SSSR count). The first kappa shape index (κ1) is 25.2. The van der Waals surface area contributed by atoms with Crippen molar-refractivity contribution in [2.45, 2.75) is 70.5 Å². The average Bonchev–Trinajstić information content (AvgIpc) is 2.79. The average molecular weight is 465 g/mol. The van der Waals surface area contributed by atoms with Gasteiger partial charge in [-0.2, -0.15) is 0 Å². The maximum atomic E-state index is 12.9. The second-order valence-electron chi connectivity index (χ2n) is 8.80. The highest BCUT2D eigenvalue weighted by Gasteiger charge is 2.35. The molecule has 0 aromatic carbocycles. The number of aliphatic hydroxyl groups is 1. The van der Waals surface area contributed by atoms with E-state index in [9.17, 15) is 19.8 Å². The third-order valence-corrected chi connectivity index (χ3v) is 6.12. The SMILES string of the molecule is CC1COCC(C)N1C(=O)ON(CCCCc1ccc2c(n1)NCCC2)[C@@H](CCO)C(=O)O. The zero-order valence-corrected chi connectivity index (χ0v) is 19.5. The van der Waals surface area contributed by atoms with E-state index in [0.717, 1.165) is 43.7 Å². The van der Waals surface area contributed by atoms with E-state index in [2.05, 4.69) is 11.4 Å². The van der Waals surface area contributed by atoms with Crippen LogP contribution in [0, 0.1) is 0 Å². The van der Waals surface area contributed by atoms with Crippen molar-refractivity contribution in [1.29, 1.82) is 0 Å². The number of fused-ring (bicyclic) bond motifs is 1. The third-order valence-electron chi connectivity index (χ3n) is 6.12. The fraction of sp³-hybridized carbons (Fsp3) is 0.696. The van der Waals surface area contributed by atoms with E-state index in [0.29, 0.717) is 19.6 Å². The highest BCUT2D eigenvalue weighted by atomic mass is 16.7. The van der Waals surface area contributed by atoms with Crippen LogP contribution in [-0.2, 0) is 27.2 Å². The van der Waals surface area contributed by atoms with Crippen molar-refractivity contribution in [3.63, 3.8) is 0 Å². The smallest absolute Gasteiger partial charge is 0.429 e. The summed E-state index contributed by atoms with van der Waals surface area (Å²) in [4.78, 5) is 36.6. The Hall–Kier alpha value is -2.43. The summed E-state index contributed by atoms with van der Waals surface area (Å²) in [5, 5.41) is 23.5. The van der Waals surface area contributed by atoms with Crippen LogP contribution < -0.4 is 5.32 Å². The Kier molecular flexibility index (Phi) is 9.28. The molecule has 1 aromatic heterocycles. The highest BCUT2D eigenvalue weighted by molar-refractivity contribution is 5.74. The first-order valence-electron chi connectivity index (χ1n) is 11.8. The lowest BCUT2D eigenvalue weighted by Crippen LogP contribution is -2.55. The number of hydroxylamine groups is 2. The number of pyridine rings is 1. The van der Waals surface area contributed by atoms with Gasteiger partial charge in [-0.05, 0) is 64.0 Å². The topological polar surface area (TPSA) is 124 Å². The van der Waals surface area contributed by atoms with Crippen molar-refractivity contribution < 1.29 is 29.4 Å². The van der Waals surface area contributed by atoms with Crippen molar-refractivity contribution in [3.8, 4) is 0 Å². The Morgan fingerprint density at radius 1 is 1.30 bits per heavy atom. The van der Waals surface area contributed by atoms with E-state index in [1.54, 1.807) is 4.90 Å². The molecule has 0 bridgehead atoms. The van der Waals surface area contributed by atoms with E-state index in [1.807, 2.05) is 19.9 Å². The minimum atomic E-state index is -1.14. The number of anilines is 1. The number of nitrogens with zero attached hydrogens (tertiary/aromatic N) is 3. The number of carboxylic acid groups (broad SMARTS) is 1. The number of morpholine rings is 1. The fourth-order valence-corrected chi connectivity index (χ4v) is 4.37. The van der Waals surface area contributed by atoms with Crippen LogP contribution in [0.2, 0.25) is 0 Å². The molecule has 2 aliphatic heterocycles. The molecule has 1 fully saturated rings. The first-order chi connectivity index (χ1) is 15.9. The van der Waals surface area contributed by atoms with Crippen LogP contribution in [0.25, 0.3) is 0 Å². The summed E-state index contributed by atoms with van der Waals surface area (Å²) < 4.78 is 5.46. The first-order valence-corrected chi connectivity index (χ1v) is 11.8. The Balaban J connectivity index is 1.59. The zero-order chi connectivity index (χ0) is 23.8. The highest BCUT2D eigenvalue weighted by Crippen LogP contribution is 2.21. The number of unbranched alkanes of at least 4 members (excludes halogenated alkanes) is 1. The number of carbonyl (C=O) groups excluding carboxylic acids is 1. The molecule has 33 heavy (non-hydrogen) atoms. The molecule has 2 unspecified atom stereocenters. The second kappa shape index (κ2) is 12.2.